The zero-order chi connectivity index (χ0) is 11.5. The molecule has 1 aromatic rings. The van der Waals surface area contributed by atoms with Crippen LogP contribution in [0.2, 0.25) is 0 Å². The average Bonchev–Trinajstić information content (AvgIpc) is 2.29. The van der Waals surface area contributed by atoms with Gasteiger partial charge in [-0.2, -0.15) is 0 Å². The molecule has 1 aliphatic carbocycles. The molecule has 2 rings (SSSR count). The number of nitrogens with zero attached hydrogens (tertiary/aromatic N) is 1. The van der Waals surface area contributed by atoms with Gasteiger partial charge in [0.2, 0.25) is 0 Å². The van der Waals surface area contributed by atoms with Crippen LogP contribution in [0.4, 0.5) is 11.4 Å². The lowest BCUT2D eigenvalue weighted by molar-refractivity contribution is 0.427. The quantitative estimate of drug-likeness (QED) is 0.771. The van der Waals surface area contributed by atoms with Crippen molar-refractivity contribution in [2.24, 2.45) is 0 Å². The molecule has 2 nitrogen and oxygen atoms in total. The fraction of sp³-hybridized carbons (Fsp3) is 0.571. The van der Waals surface area contributed by atoms with E-state index in [2.05, 4.69) is 31.0 Å². The van der Waals surface area contributed by atoms with Crippen molar-refractivity contribution in [3.05, 3.63) is 23.8 Å². The highest BCUT2D eigenvalue weighted by atomic mass is 15.1. The van der Waals surface area contributed by atoms with Gasteiger partial charge in [0.15, 0.2) is 0 Å². The van der Waals surface area contributed by atoms with Gasteiger partial charge in [-0.05, 0) is 43.5 Å². The summed E-state index contributed by atoms with van der Waals surface area (Å²) in [6.07, 6.45) is 6.83. The van der Waals surface area contributed by atoms with Crippen LogP contribution in [-0.2, 0) is 0 Å². The van der Waals surface area contributed by atoms with Crippen molar-refractivity contribution in [2.75, 3.05) is 17.7 Å². The second-order valence-corrected chi connectivity index (χ2v) is 4.95. The Balaban J connectivity index is 2.15. The molecule has 1 aromatic carbocycles. The fourth-order valence-electron chi connectivity index (χ4n) is 2.74. The van der Waals surface area contributed by atoms with Crippen LogP contribution < -0.4 is 10.6 Å². The fourth-order valence-corrected chi connectivity index (χ4v) is 2.74. The largest absolute Gasteiger partial charge is 0.399 e. The van der Waals surface area contributed by atoms with E-state index in [0.717, 1.165) is 11.7 Å². The summed E-state index contributed by atoms with van der Waals surface area (Å²) in [7, 11) is 2.22. The van der Waals surface area contributed by atoms with E-state index in [1.165, 1.54) is 43.4 Å². The topological polar surface area (TPSA) is 29.3 Å². The van der Waals surface area contributed by atoms with Crippen molar-refractivity contribution in [1.82, 2.24) is 0 Å². The molecule has 1 fully saturated rings. The van der Waals surface area contributed by atoms with Gasteiger partial charge in [0.25, 0.3) is 0 Å². The summed E-state index contributed by atoms with van der Waals surface area (Å²) < 4.78 is 0. The van der Waals surface area contributed by atoms with Crippen molar-refractivity contribution in [2.45, 2.75) is 45.1 Å². The zero-order valence-corrected chi connectivity index (χ0v) is 10.4. The van der Waals surface area contributed by atoms with Gasteiger partial charge in [-0.1, -0.05) is 19.3 Å². The Kier molecular flexibility index (Phi) is 3.37. The predicted octanol–water partition coefficient (Wildman–Crippen LogP) is 3.35. The first-order valence-electron chi connectivity index (χ1n) is 6.27. The molecule has 0 spiro atoms. The Morgan fingerprint density at radius 1 is 1.19 bits per heavy atom. The van der Waals surface area contributed by atoms with Crippen LogP contribution in [0.5, 0.6) is 0 Å². The molecule has 2 heteroatoms. The molecular weight excluding hydrogens is 196 g/mol. The van der Waals surface area contributed by atoms with E-state index in [9.17, 15) is 0 Å². The molecule has 0 atom stereocenters. The smallest absolute Gasteiger partial charge is 0.0397 e. The van der Waals surface area contributed by atoms with E-state index in [1.807, 2.05) is 6.07 Å². The molecule has 0 bridgehead atoms. The van der Waals surface area contributed by atoms with Crippen molar-refractivity contribution in [3.8, 4) is 0 Å². The van der Waals surface area contributed by atoms with Crippen LogP contribution in [0.25, 0.3) is 0 Å². The summed E-state index contributed by atoms with van der Waals surface area (Å²) in [6.45, 7) is 2.14. The Bertz CT molecular complexity index is 354. The van der Waals surface area contributed by atoms with Gasteiger partial charge >= 0.3 is 0 Å². The maximum atomic E-state index is 5.79. The van der Waals surface area contributed by atoms with E-state index in [-0.39, 0.29) is 0 Å². The maximum absolute atomic E-state index is 5.79. The molecule has 0 radical (unpaired) electrons. The van der Waals surface area contributed by atoms with E-state index in [0.29, 0.717) is 0 Å². The first-order chi connectivity index (χ1) is 7.68. The number of anilines is 2. The van der Waals surface area contributed by atoms with Gasteiger partial charge in [0, 0.05) is 24.5 Å². The SMILES string of the molecule is Cc1cc(N)ccc1N(C)C1CCCCC1. The second kappa shape index (κ2) is 4.77. The Hall–Kier alpha value is -1.18. The molecule has 1 saturated carbocycles. The van der Waals surface area contributed by atoms with Crippen molar-refractivity contribution < 1.29 is 0 Å². The first-order valence-corrected chi connectivity index (χ1v) is 6.27. The summed E-state index contributed by atoms with van der Waals surface area (Å²) in [6, 6.07) is 6.94. The van der Waals surface area contributed by atoms with Crippen molar-refractivity contribution >= 4 is 11.4 Å². The third-order valence-electron chi connectivity index (χ3n) is 3.72. The third kappa shape index (κ3) is 2.31. The van der Waals surface area contributed by atoms with E-state index < -0.39 is 0 Å². The second-order valence-electron chi connectivity index (χ2n) is 4.95. The maximum Gasteiger partial charge on any atom is 0.0397 e. The minimum atomic E-state index is 0.719. The lowest BCUT2D eigenvalue weighted by Crippen LogP contribution is -2.33. The van der Waals surface area contributed by atoms with Crippen molar-refractivity contribution in [1.29, 1.82) is 0 Å². The van der Waals surface area contributed by atoms with E-state index >= 15 is 0 Å². The Morgan fingerprint density at radius 2 is 1.88 bits per heavy atom. The molecule has 0 heterocycles. The summed E-state index contributed by atoms with van der Waals surface area (Å²) in [5.74, 6) is 0. The van der Waals surface area contributed by atoms with Gasteiger partial charge in [-0.15, -0.1) is 0 Å². The number of aryl methyl sites for hydroxylation is 1. The lowest BCUT2D eigenvalue weighted by atomic mass is 9.94. The number of hydrogen-bond donors (Lipinski definition) is 1. The summed E-state index contributed by atoms with van der Waals surface area (Å²) >= 11 is 0. The number of nitrogen functional groups attached to an aromatic ring is 1. The minimum absolute atomic E-state index is 0.719. The number of hydrogen-bond acceptors (Lipinski definition) is 2. The molecule has 0 amide bonds. The van der Waals surface area contributed by atoms with Crippen LogP contribution in [0, 0.1) is 6.92 Å². The average molecular weight is 218 g/mol. The van der Waals surface area contributed by atoms with Gasteiger partial charge < -0.3 is 10.6 Å². The highest BCUT2D eigenvalue weighted by Gasteiger charge is 2.19. The first kappa shape index (κ1) is 11.3. The molecule has 88 valence electrons. The highest BCUT2D eigenvalue weighted by Crippen LogP contribution is 2.28. The van der Waals surface area contributed by atoms with Crippen LogP contribution >= 0.6 is 0 Å². The standard InChI is InChI=1S/C14H22N2/c1-11-10-12(15)8-9-14(11)16(2)13-6-4-3-5-7-13/h8-10,13H,3-7,15H2,1-2H3. The molecule has 0 aliphatic heterocycles. The highest BCUT2D eigenvalue weighted by molar-refractivity contribution is 5.59. The minimum Gasteiger partial charge on any atom is -0.399 e. The van der Waals surface area contributed by atoms with E-state index in [4.69, 9.17) is 5.73 Å². The normalized spacial score (nSPS) is 17.4. The van der Waals surface area contributed by atoms with E-state index in [1.54, 1.807) is 0 Å². The Morgan fingerprint density at radius 3 is 2.50 bits per heavy atom. The third-order valence-corrected chi connectivity index (χ3v) is 3.72. The monoisotopic (exact) mass is 218 g/mol. The van der Waals surface area contributed by atoms with Crippen molar-refractivity contribution in [3.63, 3.8) is 0 Å². The lowest BCUT2D eigenvalue weighted by Gasteiger charge is -2.34. The molecule has 2 N–H and O–H groups in total. The molecular formula is C14H22N2. The zero-order valence-electron chi connectivity index (χ0n) is 10.4. The van der Waals surface area contributed by atoms with Crippen LogP contribution in [0.15, 0.2) is 18.2 Å². The van der Waals surface area contributed by atoms with Crippen LogP contribution in [0.3, 0.4) is 0 Å². The molecule has 0 saturated heterocycles. The van der Waals surface area contributed by atoms with Gasteiger partial charge in [-0.25, -0.2) is 0 Å². The van der Waals surface area contributed by atoms with Gasteiger partial charge in [-0.3, -0.25) is 0 Å². The van der Waals surface area contributed by atoms with Gasteiger partial charge in [0.05, 0.1) is 0 Å². The molecule has 1 aliphatic rings. The number of benzene rings is 1. The summed E-state index contributed by atoms with van der Waals surface area (Å²) in [5, 5.41) is 0. The molecule has 0 unspecified atom stereocenters. The van der Waals surface area contributed by atoms with Gasteiger partial charge in [0.1, 0.15) is 0 Å². The summed E-state index contributed by atoms with van der Waals surface area (Å²) in [4.78, 5) is 2.44. The van der Waals surface area contributed by atoms with Crippen LogP contribution in [-0.4, -0.2) is 13.1 Å². The number of nitrogens with two attached hydrogens (primary N) is 1. The summed E-state index contributed by atoms with van der Waals surface area (Å²) in [5.41, 5.74) is 9.27. The predicted molar refractivity (Wildman–Crippen MR) is 70.9 cm³/mol. The Labute approximate surface area is 98.4 Å². The number of rotatable bonds is 2. The molecule has 16 heavy (non-hydrogen) atoms. The van der Waals surface area contributed by atoms with Crippen LogP contribution in [0.1, 0.15) is 37.7 Å². The molecule has 0 aromatic heterocycles.